The predicted octanol–water partition coefficient (Wildman–Crippen LogP) is 3.59. The van der Waals surface area contributed by atoms with E-state index >= 15 is 0 Å². The maximum atomic E-state index is 13.4. The van der Waals surface area contributed by atoms with Gasteiger partial charge in [0, 0.05) is 30.6 Å². The number of rotatable bonds is 5. The first-order valence-corrected chi connectivity index (χ1v) is 10.3. The highest BCUT2D eigenvalue weighted by Gasteiger charge is 2.19. The summed E-state index contributed by atoms with van der Waals surface area (Å²) in [6, 6.07) is 9.03. The second kappa shape index (κ2) is 7.74. The van der Waals surface area contributed by atoms with Crippen LogP contribution in [-0.4, -0.2) is 37.7 Å². The Kier molecular flexibility index (Phi) is 5.54. The zero-order valence-corrected chi connectivity index (χ0v) is 16.4. The highest BCUT2D eigenvalue weighted by molar-refractivity contribution is 7.89. The number of hydrogen-bond acceptors (Lipinski definition) is 5. The molecule has 2 aromatic carbocycles. The molecule has 3 aromatic rings. The van der Waals surface area contributed by atoms with E-state index in [0.29, 0.717) is 11.3 Å². The van der Waals surface area contributed by atoms with Crippen molar-refractivity contribution in [1.82, 2.24) is 9.29 Å². The van der Waals surface area contributed by atoms with Crippen LogP contribution < -0.4 is 5.32 Å². The average Bonchev–Trinajstić information content (AvgIpc) is 3.12. The Bertz CT molecular complexity index is 1140. The molecule has 6 nitrogen and oxygen atoms in total. The summed E-state index contributed by atoms with van der Waals surface area (Å²) in [4.78, 5) is 16.6. The van der Waals surface area contributed by atoms with Gasteiger partial charge in [-0.3, -0.25) is 10.1 Å². The number of anilines is 1. The molecule has 28 heavy (non-hydrogen) atoms. The third-order valence-electron chi connectivity index (χ3n) is 3.81. The van der Waals surface area contributed by atoms with Gasteiger partial charge in [-0.1, -0.05) is 6.07 Å². The molecule has 0 radical (unpaired) electrons. The van der Waals surface area contributed by atoms with Crippen LogP contribution in [0.3, 0.4) is 0 Å². The van der Waals surface area contributed by atoms with E-state index in [0.717, 1.165) is 27.8 Å². The van der Waals surface area contributed by atoms with Gasteiger partial charge in [0.1, 0.15) is 0 Å². The Morgan fingerprint density at radius 2 is 1.86 bits per heavy atom. The van der Waals surface area contributed by atoms with Crippen molar-refractivity contribution in [3.8, 4) is 11.3 Å². The molecule has 0 saturated carbocycles. The van der Waals surface area contributed by atoms with Crippen LogP contribution >= 0.6 is 11.3 Å². The minimum atomic E-state index is -3.67. The number of aromatic nitrogens is 1. The topological polar surface area (TPSA) is 79.4 Å². The summed E-state index contributed by atoms with van der Waals surface area (Å²) in [5.41, 5.74) is 0.894. The molecule has 0 aliphatic rings. The lowest BCUT2D eigenvalue weighted by Crippen LogP contribution is -2.22. The van der Waals surface area contributed by atoms with Gasteiger partial charge in [0.2, 0.25) is 10.0 Å². The van der Waals surface area contributed by atoms with Crippen molar-refractivity contribution >= 4 is 32.4 Å². The Labute approximate surface area is 164 Å². The molecule has 0 aliphatic heterocycles. The molecule has 1 aromatic heterocycles. The van der Waals surface area contributed by atoms with Crippen LogP contribution in [0.5, 0.6) is 0 Å². The smallest absolute Gasteiger partial charge is 0.257 e. The molecule has 0 fully saturated rings. The van der Waals surface area contributed by atoms with Gasteiger partial charge in [-0.2, -0.15) is 0 Å². The van der Waals surface area contributed by atoms with Gasteiger partial charge in [-0.25, -0.2) is 26.5 Å². The number of benzene rings is 2. The molecule has 0 bridgehead atoms. The van der Waals surface area contributed by atoms with Crippen LogP contribution in [0, 0.1) is 11.6 Å². The SMILES string of the molecule is CN(C)S(=O)(=O)c1cccc(C(=O)Nc2nc(-c3ccc(F)c(F)c3)cs2)c1. The lowest BCUT2D eigenvalue weighted by Gasteiger charge is -2.12. The van der Waals surface area contributed by atoms with Gasteiger partial charge in [0.25, 0.3) is 5.91 Å². The van der Waals surface area contributed by atoms with Crippen LogP contribution in [-0.2, 0) is 10.0 Å². The summed E-state index contributed by atoms with van der Waals surface area (Å²) in [5.74, 6) is -2.49. The molecule has 1 N–H and O–H groups in total. The number of amides is 1. The van der Waals surface area contributed by atoms with Crippen LogP contribution in [0.4, 0.5) is 13.9 Å². The van der Waals surface area contributed by atoms with Crippen LogP contribution in [0.25, 0.3) is 11.3 Å². The molecule has 1 heterocycles. The monoisotopic (exact) mass is 423 g/mol. The number of nitrogens with one attached hydrogen (secondary N) is 1. The Balaban J connectivity index is 1.81. The first kappa shape index (κ1) is 20.1. The van der Waals surface area contributed by atoms with E-state index in [4.69, 9.17) is 0 Å². The first-order valence-electron chi connectivity index (χ1n) is 7.93. The quantitative estimate of drug-likeness (QED) is 0.680. The fraction of sp³-hybridized carbons (Fsp3) is 0.111. The summed E-state index contributed by atoms with van der Waals surface area (Å²) >= 11 is 1.11. The Morgan fingerprint density at radius 1 is 1.11 bits per heavy atom. The minimum absolute atomic E-state index is 0.00762. The molecule has 0 saturated heterocycles. The average molecular weight is 423 g/mol. The third-order valence-corrected chi connectivity index (χ3v) is 6.38. The summed E-state index contributed by atoms with van der Waals surface area (Å²) < 4.78 is 51.9. The molecule has 10 heteroatoms. The number of thiazole rings is 1. The fourth-order valence-corrected chi connectivity index (χ4v) is 3.96. The molecule has 0 atom stereocenters. The van der Waals surface area contributed by atoms with Gasteiger partial charge in [-0.05, 0) is 36.4 Å². The van der Waals surface area contributed by atoms with E-state index in [1.165, 1.54) is 44.4 Å². The molecule has 0 aliphatic carbocycles. The molecular formula is C18H15F2N3O3S2. The van der Waals surface area contributed by atoms with Crippen molar-refractivity contribution in [2.45, 2.75) is 4.90 Å². The van der Waals surface area contributed by atoms with Crippen LogP contribution in [0.1, 0.15) is 10.4 Å². The van der Waals surface area contributed by atoms with Crippen molar-refractivity contribution < 1.29 is 22.0 Å². The van der Waals surface area contributed by atoms with Gasteiger partial charge >= 0.3 is 0 Å². The second-order valence-electron chi connectivity index (χ2n) is 5.94. The molecule has 1 amide bonds. The summed E-state index contributed by atoms with van der Waals surface area (Å²) in [6.07, 6.45) is 0. The number of sulfonamides is 1. The predicted molar refractivity (Wildman–Crippen MR) is 103 cm³/mol. The first-order chi connectivity index (χ1) is 13.2. The fourth-order valence-electron chi connectivity index (χ4n) is 2.30. The summed E-state index contributed by atoms with van der Waals surface area (Å²) in [6.45, 7) is 0. The van der Waals surface area contributed by atoms with Crippen molar-refractivity contribution in [1.29, 1.82) is 0 Å². The molecule has 146 valence electrons. The van der Waals surface area contributed by atoms with Gasteiger partial charge in [-0.15, -0.1) is 11.3 Å². The van der Waals surface area contributed by atoms with E-state index in [1.807, 2.05) is 0 Å². The van der Waals surface area contributed by atoms with E-state index in [1.54, 1.807) is 5.38 Å². The number of halogens is 2. The number of nitrogens with zero attached hydrogens (tertiary/aromatic N) is 2. The lowest BCUT2D eigenvalue weighted by molar-refractivity contribution is 0.102. The zero-order valence-electron chi connectivity index (χ0n) is 14.8. The van der Waals surface area contributed by atoms with Crippen molar-refractivity contribution in [2.75, 3.05) is 19.4 Å². The maximum absolute atomic E-state index is 13.4. The van der Waals surface area contributed by atoms with Crippen LogP contribution in [0.2, 0.25) is 0 Å². The third kappa shape index (κ3) is 4.08. The maximum Gasteiger partial charge on any atom is 0.257 e. The van der Waals surface area contributed by atoms with Crippen LogP contribution in [0.15, 0.2) is 52.7 Å². The highest BCUT2D eigenvalue weighted by atomic mass is 32.2. The number of hydrogen-bond donors (Lipinski definition) is 1. The van der Waals surface area contributed by atoms with Crippen molar-refractivity contribution in [3.05, 3.63) is 65.0 Å². The molecule has 3 rings (SSSR count). The second-order valence-corrected chi connectivity index (χ2v) is 8.95. The standard InChI is InChI=1S/C18H15F2N3O3S2/c1-23(2)28(25,26)13-5-3-4-12(8-13)17(24)22-18-21-16(10-27-18)11-6-7-14(19)15(20)9-11/h3-10H,1-2H3,(H,21,22,24). The van der Waals surface area contributed by atoms with Gasteiger partial charge in [0.05, 0.1) is 10.6 Å². The lowest BCUT2D eigenvalue weighted by atomic mass is 10.2. The van der Waals surface area contributed by atoms with E-state index in [-0.39, 0.29) is 15.6 Å². The molecule has 0 spiro atoms. The van der Waals surface area contributed by atoms with Gasteiger partial charge in [0.15, 0.2) is 16.8 Å². The Morgan fingerprint density at radius 3 is 2.54 bits per heavy atom. The molecular weight excluding hydrogens is 408 g/mol. The van der Waals surface area contributed by atoms with Gasteiger partial charge < -0.3 is 0 Å². The zero-order chi connectivity index (χ0) is 20.5. The largest absolute Gasteiger partial charge is 0.298 e. The van der Waals surface area contributed by atoms with E-state index < -0.39 is 27.6 Å². The van der Waals surface area contributed by atoms with E-state index in [9.17, 15) is 22.0 Å². The minimum Gasteiger partial charge on any atom is -0.298 e. The number of carbonyl (C=O) groups is 1. The van der Waals surface area contributed by atoms with E-state index in [2.05, 4.69) is 10.3 Å². The Hall–Kier alpha value is -2.69. The summed E-state index contributed by atoms with van der Waals surface area (Å²) in [5, 5.41) is 4.41. The summed E-state index contributed by atoms with van der Waals surface area (Å²) in [7, 11) is -0.871. The van der Waals surface area contributed by atoms with Crippen molar-refractivity contribution in [3.63, 3.8) is 0 Å². The van der Waals surface area contributed by atoms with Crippen molar-refractivity contribution in [2.24, 2.45) is 0 Å². The normalized spacial score (nSPS) is 11.6. The number of carbonyl (C=O) groups excluding carboxylic acids is 1. The highest BCUT2D eigenvalue weighted by Crippen LogP contribution is 2.26. The molecule has 0 unspecified atom stereocenters.